The number of carbonyl (C=O) groups excluding carboxylic acids is 1. The molecule has 0 N–H and O–H groups in total. The zero-order valence-electron chi connectivity index (χ0n) is 9.90. The van der Waals surface area contributed by atoms with Gasteiger partial charge in [0.25, 0.3) is 0 Å². The van der Waals surface area contributed by atoms with Crippen molar-refractivity contribution in [2.75, 3.05) is 0 Å². The van der Waals surface area contributed by atoms with Crippen LogP contribution in [0.15, 0.2) is 42.5 Å². The first-order valence-electron chi connectivity index (χ1n) is 5.88. The minimum absolute atomic E-state index is 0.261. The van der Waals surface area contributed by atoms with Crippen LogP contribution in [0.4, 0.5) is 8.78 Å². The van der Waals surface area contributed by atoms with E-state index in [2.05, 4.69) is 0 Å². The molecule has 1 aliphatic heterocycles. The molecule has 1 atom stereocenters. The van der Waals surface area contributed by atoms with Crippen molar-refractivity contribution in [1.82, 2.24) is 0 Å². The molecule has 1 heterocycles. The molecule has 0 aromatic heterocycles. The fraction of sp³-hybridized carbons (Fsp3) is 0.133. The number of ether oxygens (including phenoxy) is 1. The lowest BCUT2D eigenvalue weighted by Crippen LogP contribution is -2.03. The summed E-state index contributed by atoms with van der Waals surface area (Å²) >= 11 is 0. The topological polar surface area (TPSA) is 26.3 Å². The van der Waals surface area contributed by atoms with E-state index in [1.807, 2.05) is 0 Å². The lowest BCUT2D eigenvalue weighted by molar-refractivity contribution is 0.0387. The standard InChI is InChI=1S/C15H10F2O2/c16-10-5-9(6-11(17)8-10)7-14-12-3-1-2-4-13(12)15(18)19-14/h1-6,8,14H,7H2/t14-/m0/s1. The summed E-state index contributed by atoms with van der Waals surface area (Å²) in [6.07, 6.45) is -0.220. The van der Waals surface area contributed by atoms with Crippen LogP contribution >= 0.6 is 0 Å². The largest absolute Gasteiger partial charge is 0.454 e. The van der Waals surface area contributed by atoms with Gasteiger partial charge in [0, 0.05) is 18.1 Å². The van der Waals surface area contributed by atoms with E-state index in [0.717, 1.165) is 11.6 Å². The van der Waals surface area contributed by atoms with Crippen molar-refractivity contribution in [1.29, 1.82) is 0 Å². The number of cyclic esters (lactones) is 1. The molecule has 0 aliphatic carbocycles. The van der Waals surface area contributed by atoms with Crippen molar-refractivity contribution >= 4 is 5.97 Å². The highest BCUT2D eigenvalue weighted by Crippen LogP contribution is 2.33. The number of hydrogen-bond donors (Lipinski definition) is 0. The molecule has 0 radical (unpaired) electrons. The van der Waals surface area contributed by atoms with Crippen LogP contribution in [0.2, 0.25) is 0 Å². The molecule has 2 nitrogen and oxygen atoms in total. The van der Waals surface area contributed by atoms with Crippen LogP contribution < -0.4 is 0 Å². The molecule has 0 unspecified atom stereocenters. The lowest BCUT2D eigenvalue weighted by Gasteiger charge is -2.10. The van der Waals surface area contributed by atoms with Gasteiger partial charge in [-0.05, 0) is 23.8 Å². The second-order valence-corrected chi connectivity index (χ2v) is 4.46. The summed E-state index contributed by atoms with van der Waals surface area (Å²) in [5, 5.41) is 0. The second-order valence-electron chi connectivity index (χ2n) is 4.46. The number of carbonyl (C=O) groups is 1. The molecule has 19 heavy (non-hydrogen) atoms. The maximum Gasteiger partial charge on any atom is 0.339 e. The molecule has 96 valence electrons. The first-order chi connectivity index (χ1) is 9.13. The molecule has 0 fully saturated rings. The third-order valence-corrected chi connectivity index (χ3v) is 3.12. The van der Waals surface area contributed by atoms with E-state index in [1.165, 1.54) is 12.1 Å². The highest BCUT2D eigenvalue weighted by Gasteiger charge is 2.30. The molecule has 3 rings (SSSR count). The number of rotatable bonds is 2. The Morgan fingerprint density at radius 3 is 2.47 bits per heavy atom. The number of hydrogen-bond acceptors (Lipinski definition) is 2. The van der Waals surface area contributed by atoms with Crippen molar-refractivity contribution in [3.8, 4) is 0 Å². The van der Waals surface area contributed by atoms with E-state index in [1.54, 1.807) is 24.3 Å². The van der Waals surface area contributed by atoms with Gasteiger partial charge in [0.2, 0.25) is 0 Å². The summed E-state index contributed by atoms with van der Waals surface area (Å²) in [7, 11) is 0. The van der Waals surface area contributed by atoms with Gasteiger partial charge >= 0.3 is 5.97 Å². The van der Waals surface area contributed by atoms with Crippen LogP contribution in [0.1, 0.15) is 27.6 Å². The highest BCUT2D eigenvalue weighted by molar-refractivity contribution is 5.94. The van der Waals surface area contributed by atoms with Crippen LogP contribution in [0.5, 0.6) is 0 Å². The highest BCUT2D eigenvalue weighted by atomic mass is 19.1. The molecule has 0 saturated heterocycles. The van der Waals surface area contributed by atoms with E-state index >= 15 is 0 Å². The Bertz CT molecular complexity index is 632. The van der Waals surface area contributed by atoms with Gasteiger partial charge in [-0.3, -0.25) is 0 Å². The van der Waals surface area contributed by atoms with Crippen LogP contribution in [0.25, 0.3) is 0 Å². The van der Waals surface area contributed by atoms with Crippen molar-refractivity contribution in [3.05, 3.63) is 70.8 Å². The average Bonchev–Trinajstić information content (AvgIpc) is 2.66. The SMILES string of the molecule is O=C1O[C@@H](Cc2cc(F)cc(F)c2)c2ccccc21. The first-order valence-corrected chi connectivity index (χ1v) is 5.88. The van der Waals surface area contributed by atoms with Gasteiger partial charge in [-0.1, -0.05) is 18.2 Å². The van der Waals surface area contributed by atoms with E-state index in [4.69, 9.17) is 4.74 Å². The minimum Gasteiger partial charge on any atom is -0.454 e. The average molecular weight is 260 g/mol. The number of fused-ring (bicyclic) bond motifs is 1. The summed E-state index contributed by atoms with van der Waals surface area (Å²) in [6.45, 7) is 0. The number of benzene rings is 2. The zero-order valence-corrected chi connectivity index (χ0v) is 9.90. The maximum atomic E-state index is 13.1. The predicted molar refractivity (Wildman–Crippen MR) is 64.7 cm³/mol. The van der Waals surface area contributed by atoms with E-state index in [9.17, 15) is 13.6 Å². The zero-order chi connectivity index (χ0) is 13.4. The van der Waals surface area contributed by atoms with Gasteiger partial charge in [0.15, 0.2) is 0 Å². The molecule has 0 amide bonds. The van der Waals surface area contributed by atoms with Crippen LogP contribution in [-0.2, 0) is 11.2 Å². The minimum atomic E-state index is -0.632. The Balaban J connectivity index is 1.91. The summed E-state index contributed by atoms with van der Waals surface area (Å²) < 4.78 is 31.5. The van der Waals surface area contributed by atoms with Gasteiger partial charge in [0.05, 0.1) is 5.56 Å². The summed E-state index contributed by atoms with van der Waals surface area (Å²) in [5.74, 6) is -1.65. The number of halogens is 2. The van der Waals surface area contributed by atoms with Gasteiger partial charge in [0.1, 0.15) is 17.7 Å². The molecule has 0 saturated carbocycles. The molecular formula is C15H10F2O2. The third-order valence-electron chi connectivity index (χ3n) is 3.12. The van der Waals surface area contributed by atoms with Gasteiger partial charge in [-0.15, -0.1) is 0 Å². The monoisotopic (exact) mass is 260 g/mol. The third kappa shape index (κ3) is 2.21. The first kappa shape index (κ1) is 11.8. The van der Waals surface area contributed by atoms with Gasteiger partial charge in [-0.2, -0.15) is 0 Å². The van der Waals surface area contributed by atoms with Crippen molar-refractivity contribution in [2.45, 2.75) is 12.5 Å². The Kier molecular flexibility index (Phi) is 2.78. The Labute approximate surface area is 108 Å². The van der Waals surface area contributed by atoms with E-state index in [0.29, 0.717) is 11.1 Å². The summed E-state index contributed by atoms with van der Waals surface area (Å²) in [4.78, 5) is 11.6. The lowest BCUT2D eigenvalue weighted by atomic mass is 9.99. The normalized spacial score (nSPS) is 17.2. The van der Waals surface area contributed by atoms with Crippen molar-refractivity contribution in [2.24, 2.45) is 0 Å². The molecule has 0 bridgehead atoms. The van der Waals surface area contributed by atoms with E-state index in [-0.39, 0.29) is 6.42 Å². The fourth-order valence-corrected chi connectivity index (χ4v) is 2.31. The quantitative estimate of drug-likeness (QED) is 0.773. The summed E-state index contributed by atoms with van der Waals surface area (Å²) in [6, 6.07) is 10.3. The second kappa shape index (κ2) is 4.46. The Hall–Kier alpha value is -2.23. The maximum absolute atomic E-state index is 13.1. The molecule has 2 aromatic rings. The summed E-state index contributed by atoms with van der Waals surface area (Å²) in [5.41, 5.74) is 1.74. The van der Waals surface area contributed by atoms with E-state index < -0.39 is 23.7 Å². The van der Waals surface area contributed by atoms with Gasteiger partial charge < -0.3 is 4.74 Å². The van der Waals surface area contributed by atoms with Crippen LogP contribution in [0.3, 0.4) is 0 Å². The molecule has 0 spiro atoms. The fourth-order valence-electron chi connectivity index (χ4n) is 2.31. The molecule has 1 aliphatic rings. The van der Waals surface area contributed by atoms with Crippen LogP contribution in [-0.4, -0.2) is 5.97 Å². The Morgan fingerprint density at radius 2 is 1.74 bits per heavy atom. The molecule has 2 aromatic carbocycles. The Morgan fingerprint density at radius 1 is 1.05 bits per heavy atom. The number of esters is 1. The molecule has 4 heteroatoms. The van der Waals surface area contributed by atoms with Gasteiger partial charge in [-0.25, -0.2) is 13.6 Å². The van der Waals surface area contributed by atoms with Crippen LogP contribution in [0, 0.1) is 11.6 Å². The van der Waals surface area contributed by atoms with Crippen molar-refractivity contribution in [3.63, 3.8) is 0 Å². The molecular weight excluding hydrogens is 250 g/mol. The smallest absolute Gasteiger partial charge is 0.339 e. The van der Waals surface area contributed by atoms with Crippen molar-refractivity contribution < 1.29 is 18.3 Å². The predicted octanol–water partition coefficient (Wildman–Crippen LogP) is 3.42.